The van der Waals surface area contributed by atoms with E-state index in [9.17, 15) is 24.3 Å². The van der Waals surface area contributed by atoms with Crippen LogP contribution in [-0.2, 0) is 14.3 Å². The Hall–Kier alpha value is -5.60. The molecule has 16 heteroatoms. The number of methoxy groups -OCH3 is 1. The highest BCUT2D eigenvalue weighted by Crippen LogP contribution is 2.40. The summed E-state index contributed by atoms with van der Waals surface area (Å²) in [5.41, 5.74) is 5.03. The van der Waals surface area contributed by atoms with Crippen molar-refractivity contribution < 1.29 is 29.0 Å². The molecule has 3 aromatic carbocycles. The molecule has 5 N–H and O–H groups in total. The van der Waals surface area contributed by atoms with Gasteiger partial charge in [0.1, 0.15) is 23.7 Å². The number of carboxylic acid groups (broad SMARTS) is 1. The topological polar surface area (TPSA) is 186 Å². The maximum absolute atomic E-state index is 13.8. The fourth-order valence-corrected chi connectivity index (χ4v) is 9.14. The summed E-state index contributed by atoms with van der Waals surface area (Å²) < 4.78 is 4.78. The van der Waals surface area contributed by atoms with Crippen molar-refractivity contribution in [3.8, 4) is 33.6 Å². The number of H-pyrrole nitrogens is 2. The summed E-state index contributed by atoms with van der Waals surface area (Å²) in [6.45, 7) is 12.6. The molecular formula is C45H52Cl2N8O6. The van der Waals surface area contributed by atoms with Crippen LogP contribution in [0.3, 0.4) is 0 Å². The first kappa shape index (κ1) is 43.5. The first-order chi connectivity index (χ1) is 29.0. The Morgan fingerprint density at radius 2 is 1.11 bits per heavy atom. The lowest BCUT2D eigenvalue weighted by atomic mass is 9.98. The number of hydrogen-bond donors (Lipinski definition) is 5. The molecule has 0 radical (unpaired) electrons. The standard InChI is InChI=1S/C45H52Cl2N8O6/c1-22(2)34(50-44(58)59)42(56)54-20-24(5)17-33(54)41-49-37(39(47)53-41)31-15-14-29-18-28(12-13-30(29)19-31)26-8-10-27(11-9-26)36-38(46)52-40(48-36)32-16-25(6)21-55(32)43(57)35(23(3)4)51-45(60)61-7/h8-15,18-19,22-25,32-35,50H,16-17,20-21H2,1-7H3,(H,48,52)(H,49,53)(H,51,60)(H,58,59)/t24-,25-,32-,33-,34-,35-/m0/s1. The first-order valence-corrected chi connectivity index (χ1v) is 21.4. The van der Waals surface area contributed by atoms with E-state index in [2.05, 4.69) is 62.6 Å². The molecule has 0 bridgehead atoms. The summed E-state index contributed by atoms with van der Waals surface area (Å²) in [6, 6.07) is 18.1. The molecule has 0 saturated carbocycles. The van der Waals surface area contributed by atoms with Crippen molar-refractivity contribution in [3.05, 3.63) is 82.6 Å². The average molecular weight is 872 g/mol. The molecule has 2 aliphatic rings. The van der Waals surface area contributed by atoms with Gasteiger partial charge in [-0.2, -0.15) is 0 Å². The third kappa shape index (κ3) is 9.06. The number of likely N-dealkylation sites (tertiary alicyclic amines) is 2. The Labute approximate surface area is 364 Å². The number of carbonyl (C=O) groups excluding carboxylic acids is 3. The number of benzene rings is 3. The van der Waals surface area contributed by atoms with Gasteiger partial charge >= 0.3 is 12.2 Å². The van der Waals surface area contributed by atoms with Gasteiger partial charge < -0.3 is 40.2 Å². The summed E-state index contributed by atoms with van der Waals surface area (Å²) in [4.78, 5) is 70.6. The summed E-state index contributed by atoms with van der Waals surface area (Å²) in [5.74, 6) is 0.731. The van der Waals surface area contributed by atoms with E-state index in [0.29, 0.717) is 59.3 Å². The Morgan fingerprint density at radius 1 is 0.689 bits per heavy atom. The van der Waals surface area contributed by atoms with E-state index in [0.717, 1.165) is 33.0 Å². The maximum Gasteiger partial charge on any atom is 0.407 e. The van der Waals surface area contributed by atoms with Crippen molar-refractivity contribution in [2.45, 2.75) is 78.6 Å². The number of nitrogens with zero attached hydrogens (tertiary/aromatic N) is 4. The Balaban J connectivity index is 1.08. The van der Waals surface area contributed by atoms with Crippen LogP contribution in [0.2, 0.25) is 10.3 Å². The fraction of sp³-hybridized carbons (Fsp3) is 0.422. The van der Waals surface area contributed by atoms with Gasteiger partial charge in [-0.3, -0.25) is 9.59 Å². The van der Waals surface area contributed by atoms with Crippen LogP contribution in [0.15, 0.2) is 60.7 Å². The van der Waals surface area contributed by atoms with E-state index in [-0.39, 0.29) is 47.6 Å². The average Bonchev–Trinajstić information content (AvgIpc) is 4.02. The van der Waals surface area contributed by atoms with Crippen LogP contribution in [0.4, 0.5) is 9.59 Å². The number of hydrogen-bond acceptors (Lipinski definition) is 7. The molecule has 2 saturated heterocycles. The van der Waals surface area contributed by atoms with Crippen LogP contribution >= 0.6 is 23.2 Å². The Kier molecular flexibility index (Phi) is 12.7. The number of imidazole rings is 2. The minimum absolute atomic E-state index is 0.151. The van der Waals surface area contributed by atoms with Gasteiger partial charge in [0.25, 0.3) is 0 Å². The lowest BCUT2D eigenvalue weighted by Crippen LogP contribution is -2.51. The number of fused-ring (bicyclic) bond motifs is 1. The van der Waals surface area contributed by atoms with E-state index in [4.69, 9.17) is 27.9 Å². The zero-order valence-corrected chi connectivity index (χ0v) is 36.8. The van der Waals surface area contributed by atoms with Gasteiger partial charge in [0.05, 0.1) is 30.6 Å². The summed E-state index contributed by atoms with van der Waals surface area (Å²) in [5, 5.41) is 17.1. The number of aromatic nitrogens is 4. The molecule has 2 aliphatic heterocycles. The maximum atomic E-state index is 13.8. The van der Waals surface area contributed by atoms with Crippen LogP contribution in [-0.4, -0.2) is 91.1 Å². The monoisotopic (exact) mass is 870 g/mol. The van der Waals surface area contributed by atoms with Crippen LogP contribution in [0.5, 0.6) is 0 Å². The van der Waals surface area contributed by atoms with E-state index in [1.165, 1.54) is 7.11 Å². The normalized spacial score (nSPS) is 20.0. The number of alkyl carbamates (subject to hydrolysis) is 1. The van der Waals surface area contributed by atoms with Crippen LogP contribution in [0.25, 0.3) is 44.4 Å². The third-order valence-corrected chi connectivity index (χ3v) is 12.4. The molecule has 61 heavy (non-hydrogen) atoms. The molecule has 322 valence electrons. The molecule has 2 fully saturated rings. The van der Waals surface area contributed by atoms with Crippen molar-refractivity contribution in [1.82, 2.24) is 40.4 Å². The highest BCUT2D eigenvalue weighted by Gasteiger charge is 2.42. The van der Waals surface area contributed by atoms with Crippen molar-refractivity contribution in [1.29, 1.82) is 0 Å². The number of carbonyl (C=O) groups is 4. The SMILES string of the molecule is COC(=O)N[C@H](C(=O)N1C[C@@H](C)C[C@H]1c1nc(Cl)c(-c2ccc(-c3ccc4cc(-c5[nH]c([C@@H]6C[C@H](C)CN6C(=O)[C@@H](NC(=O)O)C(C)C)nc5Cl)ccc4c3)cc2)[nH]1)C(C)C. The van der Waals surface area contributed by atoms with Crippen molar-refractivity contribution in [3.63, 3.8) is 0 Å². The predicted molar refractivity (Wildman–Crippen MR) is 235 cm³/mol. The summed E-state index contributed by atoms with van der Waals surface area (Å²) in [6.07, 6.45) is -0.520. The first-order valence-electron chi connectivity index (χ1n) is 20.6. The van der Waals surface area contributed by atoms with Gasteiger partial charge in [-0.15, -0.1) is 0 Å². The largest absolute Gasteiger partial charge is 0.465 e. The zero-order chi connectivity index (χ0) is 43.9. The molecule has 0 aliphatic carbocycles. The fourth-order valence-electron chi connectivity index (χ4n) is 8.65. The lowest BCUT2D eigenvalue weighted by molar-refractivity contribution is -0.136. The van der Waals surface area contributed by atoms with Gasteiger partial charge in [0.15, 0.2) is 10.3 Å². The molecule has 4 heterocycles. The second kappa shape index (κ2) is 17.8. The number of halogens is 2. The minimum atomic E-state index is -1.24. The van der Waals surface area contributed by atoms with E-state index in [1.54, 1.807) is 9.80 Å². The number of amides is 4. The Bertz CT molecular complexity index is 2450. The molecule has 5 aromatic rings. The second-order valence-electron chi connectivity index (χ2n) is 17.2. The van der Waals surface area contributed by atoms with Crippen molar-refractivity contribution in [2.24, 2.45) is 23.7 Å². The number of nitrogens with one attached hydrogen (secondary N) is 4. The highest BCUT2D eigenvalue weighted by atomic mass is 35.5. The number of ether oxygens (including phenoxy) is 1. The number of rotatable bonds is 11. The smallest absolute Gasteiger partial charge is 0.407 e. The van der Waals surface area contributed by atoms with Gasteiger partial charge in [-0.1, -0.05) is 113 Å². The number of aromatic amines is 2. The lowest BCUT2D eigenvalue weighted by Gasteiger charge is -2.30. The van der Waals surface area contributed by atoms with Gasteiger partial charge in [-0.05, 0) is 70.5 Å². The van der Waals surface area contributed by atoms with Crippen LogP contribution in [0, 0.1) is 23.7 Å². The molecule has 7 rings (SSSR count). The van der Waals surface area contributed by atoms with Crippen molar-refractivity contribution in [2.75, 3.05) is 20.2 Å². The van der Waals surface area contributed by atoms with Gasteiger partial charge in [0, 0.05) is 24.2 Å². The molecule has 0 spiro atoms. The minimum Gasteiger partial charge on any atom is -0.465 e. The van der Waals surface area contributed by atoms with Crippen LogP contribution < -0.4 is 10.6 Å². The third-order valence-electron chi connectivity index (χ3n) is 11.8. The molecule has 0 unspecified atom stereocenters. The predicted octanol–water partition coefficient (Wildman–Crippen LogP) is 9.09. The Morgan fingerprint density at radius 3 is 1.59 bits per heavy atom. The van der Waals surface area contributed by atoms with Crippen LogP contribution in [0.1, 0.15) is 78.1 Å². The van der Waals surface area contributed by atoms with E-state index in [1.807, 2.05) is 70.2 Å². The molecule has 6 atom stereocenters. The zero-order valence-electron chi connectivity index (χ0n) is 35.3. The second-order valence-corrected chi connectivity index (χ2v) is 17.9. The highest BCUT2D eigenvalue weighted by molar-refractivity contribution is 6.32. The quantitative estimate of drug-likeness (QED) is 0.0870. The van der Waals surface area contributed by atoms with Gasteiger partial charge in [0.2, 0.25) is 11.8 Å². The molecule has 4 amide bonds. The molecule has 14 nitrogen and oxygen atoms in total. The summed E-state index contributed by atoms with van der Waals surface area (Å²) >= 11 is 13.5. The molecule has 2 aromatic heterocycles. The van der Waals surface area contributed by atoms with Gasteiger partial charge in [-0.25, -0.2) is 19.6 Å². The van der Waals surface area contributed by atoms with E-state index >= 15 is 0 Å². The molecular weight excluding hydrogens is 819 g/mol. The van der Waals surface area contributed by atoms with E-state index < -0.39 is 24.3 Å². The van der Waals surface area contributed by atoms with Crippen molar-refractivity contribution >= 4 is 58.0 Å². The summed E-state index contributed by atoms with van der Waals surface area (Å²) in [7, 11) is 1.28.